The normalized spacial score (nSPS) is 58.7. The average Bonchev–Trinajstić information content (AvgIpc) is 2.56. The van der Waals surface area contributed by atoms with Gasteiger partial charge in [0.15, 0.2) is 0 Å². The highest BCUT2D eigenvalue weighted by Crippen LogP contribution is 2.69. The lowest BCUT2D eigenvalue weighted by Crippen LogP contribution is -2.42. The first-order valence-corrected chi connectivity index (χ1v) is 8.98. The van der Waals surface area contributed by atoms with Gasteiger partial charge in [-0.05, 0) is 91.3 Å². The number of hydrogen-bond acceptors (Lipinski definition) is 0. The van der Waals surface area contributed by atoms with E-state index >= 15 is 0 Å². The van der Waals surface area contributed by atoms with Crippen LogP contribution in [0.1, 0.15) is 66.2 Å². The minimum atomic E-state index is 0.638. The highest BCUT2D eigenvalue weighted by Gasteiger charge is 2.62. The average molecular weight is 260 g/mol. The maximum Gasteiger partial charge on any atom is -0.0292 e. The van der Waals surface area contributed by atoms with Crippen LogP contribution in [0.15, 0.2) is 0 Å². The first kappa shape index (κ1) is 12.7. The van der Waals surface area contributed by atoms with Crippen molar-refractivity contribution in [1.29, 1.82) is 0 Å². The van der Waals surface area contributed by atoms with Gasteiger partial charge in [-0.2, -0.15) is 0 Å². The Kier molecular flexibility index (Phi) is 2.69. The van der Waals surface area contributed by atoms with E-state index in [9.17, 15) is 0 Å². The first-order valence-electron chi connectivity index (χ1n) is 8.98. The zero-order valence-corrected chi connectivity index (χ0v) is 13.4. The molecule has 4 fully saturated rings. The van der Waals surface area contributed by atoms with Crippen molar-refractivity contribution in [2.45, 2.75) is 66.2 Å². The van der Waals surface area contributed by atoms with Crippen LogP contribution in [0.25, 0.3) is 0 Å². The van der Waals surface area contributed by atoms with Crippen LogP contribution < -0.4 is 0 Å². The van der Waals surface area contributed by atoms with E-state index in [1.807, 2.05) is 0 Å². The van der Waals surface area contributed by atoms with E-state index in [-0.39, 0.29) is 0 Å². The van der Waals surface area contributed by atoms with E-state index in [1.54, 1.807) is 38.5 Å². The van der Waals surface area contributed by atoms with Crippen molar-refractivity contribution in [3.05, 3.63) is 0 Å². The Balaban J connectivity index is 1.76. The molecule has 108 valence electrons. The Morgan fingerprint density at radius 2 is 1.11 bits per heavy atom. The summed E-state index contributed by atoms with van der Waals surface area (Å²) in [5, 5.41) is 0. The molecule has 19 heavy (non-hydrogen) atoms. The molecule has 0 N–H and O–H groups in total. The third-order valence-electron chi connectivity index (χ3n) is 8.00. The van der Waals surface area contributed by atoms with Crippen LogP contribution in [0.3, 0.4) is 0 Å². The molecular formula is C19H32. The largest absolute Gasteiger partial charge is 0.0625 e. The van der Waals surface area contributed by atoms with Gasteiger partial charge in [-0.3, -0.25) is 0 Å². The van der Waals surface area contributed by atoms with E-state index in [4.69, 9.17) is 0 Å². The van der Waals surface area contributed by atoms with Crippen molar-refractivity contribution in [3.63, 3.8) is 0 Å². The van der Waals surface area contributed by atoms with E-state index in [0.29, 0.717) is 5.41 Å². The van der Waals surface area contributed by atoms with E-state index in [2.05, 4.69) is 27.7 Å². The van der Waals surface area contributed by atoms with Gasteiger partial charge in [-0.15, -0.1) is 0 Å². The quantitative estimate of drug-likeness (QED) is 0.549. The monoisotopic (exact) mass is 260 g/mol. The molecule has 8 atom stereocenters. The molecule has 0 spiro atoms. The molecular weight excluding hydrogens is 228 g/mol. The van der Waals surface area contributed by atoms with E-state index < -0.39 is 0 Å². The molecule has 0 aromatic carbocycles. The molecule has 0 aliphatic heterocycles. The molecule has 0 nitrogen and oxygen atoms in total. The molecule has 0 aromatic heterocycles. The molecule has 0 bridgehead atoms. The van der Waals surface area contributed by atoms with Crippen molar-refractivity contribution in [1.82, 2.24) is 0 Å². The van der Waals surface area contributed by atoms with Crippen LogP contribution in [-0.4, -0.2) is 0 Å². The number of hydrogen-bond donors (Lipinski definition) is 0. The van der Waals surface area contributed by atoms with E-state index in [1.165, 1.54) is 0 Å². The van der Waals surface area contributed by atoms with Crippen LogP contribution >= 0.6 is 0 Å². The minimum Gasteiger partial charge on any atom is -0.0625 e. The summed E-state index contributed by atoms with van der Waals surface area (Å²) in [6, 6.07) is 0. The second-order valence-electron chi connectivity index (χ2n) is 9.44. The predicted octanol–water partition coefficient (Wildman–Crippen LogP) is 5.38. The van der Waals surface area contributed by atoms with Gasteiger partial charge in [-0.1, -0.05) is 27.7 Å². The topological polar surface area (TPSA) is 0 Å². The molecule has 0 heterocycles. The van der Waals surface area contributed by atoms with Gasteiger partial charge in [0, 0.05) is 0 Å². The first-order chi connectivity index (χ1) is 8.98. The van der Waals surface area contributed by atoms with E-state index in [0.717, 1.165) is 47.3 Å². The third kappa shape index (κ3) is 1.64. The lowest BCUT2D eigenvalue weighted by atomic mass is 9.55. The summed E-state index contributed by atoms with van der Waals surface area (Å²) in [5.74, 6) is 8.58. The van der Waals surface area contributed by atoms with Crippen LogP contribution in [0.4, 0.5) is 0 Å². The molecule has 8 unspecified atom stereocenters. The summed E-state index contributed by atoms with van der Waals surface area (Å²) in [4.78, 5) is 0. The summed E-state index contributed by atoms with van der Waals surface area (Å²) in [5.41, 5.74) is 0.638. The summed E-state index contributed by atoms with van der Waals surface area (Å²) in [6.07, 6.45) is 9.35. The van der Waals surface area contributed by atoms with Crippen molar-refractivity contribution in [2.24, 2.45) is 52.8 Å². The van der Waals surface area contributed by atoms with Crippen LogP contribution in [0.5, 0.6) is 0 Å². The van der Waals surface area contributed by atoms with Gasteiger partial charge in [0.2, 0.25) is 0 Å². The fourth-order valence-electron chi connectivity index (χ4n) is 7.47. The summed E-state index contributed by atoms with van der Waals surface area (Å²) < 4.78 is 0. The highest BCUT2D eigenvalue weighted by molar-refractivity contribution is 5.11. The summed E-state index contributed by atoms with van der Waals surface area (Å²) in [6.45, 7) is 10.3. The van der Waals surface area contributed by atoms with Crippen molar-refractivity contribution in [3.8, 4) is 0 Å². The molecule has 4 aliphatic carbocycles. The van der Waals surface area contributed by atoms with Gasteiger partial charge in [-0.25, -0.2) is 0 Å². The smallest absolute Gasteiger partial charge is 0.0292 e. The Morgan fingerprint density at radius 3 is 1.53 bits per heavy atom. The molecule has 4 saturated carbocycles. The van der Waals surface area contributed by atoms with Gasteiger partial charge in [0.05, 0.1) is 0 Å². The van der Waals surface area contributed by atoms with Gasteiger partial charge in [0.25, 0.3) is 0 Å². The molecule has 4 rings (SSSR count). The fourth-order valence-corrected chi connectivity index (χ4v) is 7.47. The number of rotatable bonds is 0. The fraction of sp³-hybridized carbons (Fsp3) is 1.00. The zero-order chi connectivity index (χ0) is 13.4. The zero-order valence-electron chi connectivity index (χ0n) is 13.4. The highest BCUT2D eigenvalue weighted by atomic mass is 14.7. The summed E-state index contributed by atoms with van der Waals surface area (Å²) >= 11 is 0. The van der Waals surface area contributed by atoms with Gasteiger partial charge >= 0.3 is 0 Å². The molecule has 4 aliphatic rings. The Morgan fingerprint density at radius 1 is 0.684 bits per heavy atom. The Bertz CT molecular complexity index is 334. The second kappa shape index (κ2) is 4.01. The molecule has 0 amide bonds. The minimum absolute atomic E-state index is 0.638. The third-order valence-corrected chi connectivity index (χ3v) is 8.00. The van der Waals surface area contributed by atoms with Gasteiger partial charge < -0.3 is 0 Å². The SMILES string of the molecule is CC1CC2CCC3CC(C)CC4C3C2C(C1)C4(C)C. The van der Waals surface area contributed by atoms with Crippen molar-refractivity contribution < 1.29 is 0 Å². The summed E-state index contributed by atoms with van der Waals surface area (Å²) in [7, 11) is 0. The standard InChI is InChI=1S/C19H32/c1-11-7-13-5-6-14-8-12(2)10-16-18(14)17(13)15(9-11)19(16,3)4/h11-18H,5-10H2,1-4H3. The Labute approximate surface area is 119 Å². The van der Waals surface area contributed by atoms with Crippen molar-refractivity contribution >= 4 is 0 Å². The maximum absolute atomic E-state index is 2.64. The predicted molar refractivity (Wildman–Crippen MR) is 80.8 cm³/mol. The van der Waals surface area contributed by atoms with Crippen LogP contribution in [0.2, 0.25) is 0 Å². The van der Waals surface area contributed by atoms with Crippen LogP contribution in [-0.2, 0) is 0 Å². The lowest BCUT2D eigenvalue weighted by Gasteiger charge is -2.50. The maximum atomic E-state index is 2.64. The van der Waals surface area contributed by atoms with Crippen LogP contribution in [0, 0.1) is 52.8 Å². The van der Waals surface area contributed by atoms with Gasteiger partial charge in [0.1, 0.15) is 0 Å². The lowest BCUT2D eigenvalue weighted by molar-refractivity contribution is -0.00472. The molecule has 0 saturated heterocycles. The Hall–Kier alpha value is 0. The molecule has 0 radical (unpaired) electrons. The molecule has 0 heteroatoms. The van der Waals surface area contributed by atoms with Crippen molar-refractivity contribution in [2.75, 3.05) is 0 Å². The molecule has 0 aromatic rings. The second-order valence-corrected chi connectivity index (χ2v) is 9.44.